The van der Waals surface area contributed by atoms with Crippen LogP contribution in [-0.2, 0) is 6.42 Å². The standard InChI is InChI=1S/C24H21N3O2/c1-29-20-9-8-18-11-13-26-24(21(18)16-20)27-19-12-14-25-22(15-19)23(28)10-7-17-5-3-2-4-6-17/h2-6,8-9,11-16H,7,10H2,1H3,(H,25,26,27). The van der Waals surface area contributed by atoms with Crippen LogP contribution >= 0.6 is 0 Å². The molecule has 0 bridgehead atoms. The largest absolute Gasteiger partial charge is 0.497 e. The van der Waals surface area contributed by atoms with Crippen LogP contribution in [0.2, 0.25) is 0 Å². The van der Waals surface area contributed by atoms with E-state index in [0.29, 0.717) is 24.4 Å². The maximum atomic E-state index is 12.6. The molecular weight excluding hydrogens is 362 g/mol. The predicted octanol–water partition coefficient (Wildman–Crippen LogP) is 5.20. The Hall–Kier alpha value is -3.73. The zero-order valence-electron chi connectivity index (χ0n) is 16.1. The molecule has 0 aliphatic carbocycles. The number of hydrogen-bond donors (Lipinski definition) is 1. The van der Waals surface area contributed by atoms with E-state index in [2.05, 4.69) is 15.3 Å². The second-order valence-electron chi connectivity index (χ2n) is 6.71. The van der Waals surface area contributed by atoms with Gasteiger partial charge in [-0.25, -0.2) is 4.98 Å². The average Bonchev–Trinajstić information content (AvgIpc) is 2.78. The molecule has 0 saturated heterocycles. The number of ketones is 1. The molecule has 1 N–H and O–H groups in total. The number of anilines is 2. The van der Waals surface area contributed by atoms with E-state index in [-0.39, 0.29) is 5.78 Å². The number of hydrogen-bond acceptors (Lipinski definition) is 5. The fourth-order valence-electron chi connectivity index (χ4n) is 3.20. The summed E-state index contributed by atoms with van der Waals surface area (Å²) in [5.74, 6) is 1.49. The van der Waals surface area contributed by atoms with Crippen LogP contribution in [0.25, 0.3) is 10.8 Å². The number of pyridine rings is 2. The lowest BCUT2D eigenvalue weighted by molar-refractivity contribution is 0.0978. The zero-order valence-corrected chi connectivity index (χ0v) is 16.1. The van der Waals surface area contributed by atoms with E-state index in [9.17, 15) is 4.79 Å². The maximum absolute atomic E-state index is 12.6. The number of aryl methyl sites for hydroxylation is 1. The molecule has 0 fully saturated rings. The average molecular weight is 383 g/mol. The van der Waals surface area contributed by atoms with E-state index in [1.807, 2.05) is 60.7 Å². The minimum atomic E-state index is 0.0186. The Bertz CT molecular complexity index is 1140. The van der Waals surface area contributed by atoms with Gasteiger partial charge in [0.25, 0.3) is 0 Å². The van der Waals surface area contributed by atoms with E-state index >= 15 is 0 Å². The van der Waals surface area contributed by atoms with Crippen molar-refractivity contribution in [2.75, 3.05) is 12.4 Å². The first-order chi connectivity index (χ1) is 14.2. The minimum absolute atomic E-state index is 0.0186. The lowest BCUT2D eigenvalue weighted by Crippen LogP contribution is -2.05. The third-order valence-corrected chi connectivity index (χ3v) is 4.77. The van der Waals surface area contributed by atoms with E-state index in [0.717, 1.165) is 27.8 Å². The third kappa shape index (κ3) is 4.41. The molecule has 2 heterocycles. The Labute approximate surface area is 169 Å². The molecule has 5 nitrogen and oxygen atoms in total. The van der Waals surface area contributed by atoms with E-state index < -0.39 is 0 Å². The van der Waals surface area contributed by atoms with Crippen molar-refractivity contribution in [3.63, 3.8) is 0 Å². The van der Waals surface area contributed by atoms with Gasteiger partial charge in [0, 0.05) is 29.9 Å². The number of carbonyl (C=O) groups excluding carboxylic acids is 1. The number of rotatable bonds is 7. The van der Waals surface area contributed by atoms with Crippen LogP contribution in [0.15, 0.2) is 79.1 Å². The summed E-state index contributed by atoms with van der Waals surface area (Å²) in [5.41, 5.74) is 2.36. The molecule has 4 rings (SSSR count). The van der Waals surface area contributed by atoms with Crippen LogP contribution in [0.4, 0.5) is 11.5 Å². The highest BCUT2D eigenvalue weighted by molar-refractivity contribution is 5.96. The van der Waals surface area contributed by atoms with Gasteiger partial charge in [0.2, 0.25) is 0 Å². The fourth-order valence-corrected chi connectivity index (χ4v) is 3.20. The van der Waals surface area contributed by atoms with Gasteiger partial charge in [0.15, 0.2) is 5.78 Å². The summed E-state index contributed by atoms with van der Waals surface area (Å²) in [7, 11) is 1.64. The molecule has 0 unspecified atom stereocenters. The van der Waals surface area contributed by atoms with Crippen LogP contribution in [0.1, 0.15) is 22.5 Å². The van der Waals surface area contributed by atoms with Gasteiger partial charge in [-0.15, -0.1) is 0 Å². The lowest BCUT2D eigenvalue weighted by atomic mass is 10.1. The Kier molecular flexibility index (Phi) is 5.47. The maximum Gasteiger partial charge on any atom is 0.181 e. The van der Waals surface area contributed by atoms with Crippen molar-refractivity contribution in [3.05, 3.63) is 90.4 Å². The van der Waals surface area contributed by atoms with Gasteiger partial charge in [-0.3, -0.25) is 9.78 Å². The zero-order chi connectivity index (χ0) is 20.1. The molecule has 2 aromatic carbocycles. The van der Waals surface area contributed by atoms with Crippen molar-refractivity contribution >= 4 is 28.1 Å². The summed E-state index contributed by atoms with van der Waals surface area (Å²) < 4.78 is 5.33. The van der Waals surface area contributed by atoms with Crippen LogP contribution in [0.3, 0.4) is 0 Å². The van der Waals surface area contributed by atoms with Crippen molar-refractivity contribution in [3.8, 4) is 5.75 Å². The molecule has 0 aliphatic rings. The number of benzene rings is 2. The first-order valence-electron chi connectivity index (χ1n) is 9.46. The number of methoxy groups -OCH3 is 1. The Morgan fingerprint density at radius 3 is 2.62 bits per heavy atom. The minimum Gasteiger partial charge on any atom is -0.497 e. The van der Waals surface area contributed by atoms with Gasteiger partial charge < -0.3 is 10.1 Å². The Morgan fingerprint density at radius 1 is 0.966 bits per heavy atom. The lowest BCUT2D eigenvalue weighted by Gasteiger charge is -2.10. The number of ether oxygens (including phenoxy) is 1. The Morgan fingerprint density at radius 2 is 1.79 bits per heavy atom. The van der Waals surface area contributed by atoms with Crippen LogP contribution in [-0.4, -0.2) is 22.9 Å². The van der Waals surface area contributed by atoms with Crippen LogP contribution < -0.4 is 10.1 Å². The first kappa shape index (κ1) is 18.6. The summed E-state index contributed by atoms with van der Waals surface area (Å²) in [6.45, 7) is 0. The number of fused-ring (bicyclic) bond motifs is 1. The SMILES string of the molecule is COc1ccc2ccnc(Nc3ccnc(C(=O)CCc4ccccc4)c3)c2c1. The van der Waals surface area contributed by atoms with Crippen molar-refractivity contribution in [2.24, 2.45) is 0 Å². The first-order valence-corrected chi connectivity index (χ1v) is 9.46. The molecule has 5 heteroatoms. The molecule has 0 amide bonds. The van der Waals surface area contributed by atoms with Gasteiger partial charge in [-0.2, -0.15) is 0 Å². The summed E-state index contributed by atoms with van der Waals surface area (Å²) >= 11 is 0. The molecule has 144 valence electrons. The summed E-state index contributed by atoms with van der Waals surface area (Å²) in [5, 5.41) is 5.31. The van der Waals surface area contributed by atoms with E-state index in [4.69, 9.17) is 4.74 Å². The summed E-state index contributed by atoms with van der Waals surface area (Å²) in [4.78, 5) is 21.3. The fraction of sp³-hybridized carbons (Fsp3) is 0.125. The predicted molar refractivity (Wildman–Crippen MR) is 115 cm³/mol. The molecule has 0 radical (unpaired) electrons. The highest BCUT2D eigenvalue weighted by Gasteiger charge is 2.10. The molecule has 0 aliphatic heterocycles. The van der Waals surface area contributed by atoms with Crippen molar-refractivity contribution < 1.29 is 9.53 Å². The quantitative estimate of drug-likeness (QED) is 0.445. The molecule has 2 aromatic heterocycles. The molecule has 0 saturated carbocycles. The highest BCUT2D eigenvalue weighted by Crippen LogP contribution is 2.28. The smallest absolute Gasteiger partial charge is 0.181 e. The van der Waals surface area contributed by atoms with E-state index in [1.165, 1.54) is 0 Å². The number of aromatic nitrogens is 2. The van der Waals surface area contributed by atoms with Gasteiger partial charge in [-0.1, -0.05) is 36.4 Å². The number of nitrogens with zero attached hydrogens (tertiary/aromatic N) is 2. The van der Waals surface area contributed by atoms with Gasteiger partial charge >= 0.3 is 0 Å². The monoisotopic (exact) mass is 383 g/mol. The Balaban J connectivity index is 1.53. The number of nitrogens with one attached hydrogen (secondary N) is 1. The summed E-state index contributed by atoms with van der Waals surface area (Å²) in [6.07, 6.45) is 4.52. The topological polar surface area (TPSA) is 64.1 Å². The highest BCUT2D eigenvalue weighted by atomic mass is 16.5. The molecule has 29 heavy (non-hydrogen) atoms. The van der Waals surface area contributed by atoms with Crippen molar-refractivity contribution in [1.82, 2.24) is 9.97 Å². The molecular formula is C24H21N3O2. The third-order valence-electron chi connectivity index (χ3n) is 4.77. The molecule has 0 atom stereocenters. The number of Topliss-reactive ketones (excluding diaryl/α,β-unsaturated/α-hetero) is 1. The van der Waals surface area contributed by atoms with Crippen LogP contribution in [0, 0.1) is 0 Å². The second-order valence-corrected chi connectivity index (χ2v) is 6.71. The summed E-state index contributed by atoms with van der Waals surface area (Å²) in [6, 6.07) is 21.4. The second kappa shape index (κ2) is 8.52. The number of carbonyl (C=O) groups is 1. The van der Waals surface area contributed by atoms with E-state index in [1.54, 1.807) is 25.6 Å². The van der Waals surface area contributed by atoms with Gasteiger partial charge in [-0.05, 0) is 47.7 Å². The molecule has 0 spiro atoms. The van der Waals surface area contributed by atoms with Crippen molar-refractivity contribution in [2.45, 2.75) is 12.8 Å². The van der Waals surface area contributed by atoms with Gasteiger partial charge in [0.05, 0.1) is 7.11 Å². The van der Waals surface area contributed by atoms with Gasteiger partial charge in [0.1, 0.15) is 17.3 Å². The normalized spacial score (nSPS) is 10.7. The molecule has 4 aromatic rings. The van der Waals surface area contributed by atoms with Crippen LogP contribution in [0.5, 0.6) is 5.75 Å². The van der Waals surface area contributed by atoms with Crippen molar-refractivity contribution in [1.29, 1.82) is 0 Å².